The van der Waals surface area contributed by atoms with Gasteiger partial charge in [-0.05, 0) is 36.6 Å². The number of carbonyl (C=O) groups is 2. The van der Waals surface area contributed by atoms with Crippen molar-refractivity contribution in [1.82, 2.24) is 5.32 Å². The molecule has 132 valence electrons. The number of hydrogen-bond donors (Lipinski definition) is 1. The summed E-state index contributed by atoms with van der Waals surface area (Å²) in [7, 11) is 0. The van der Waals surface area contributed by atoms with Gasteiger partial charge in [-0.3, -0.25) is 9.59 Å². The number of nitrogens with zero attached hydrogens (tertiary/aromatic N) is 1. The second kappa shape index (κ2) is 9.44. The predicted molar refractivity (Wildman–Crippen MR) is 102 cm³/mol. The van der Waals surface area contributed by atoms with Crippen molar-refractivity contribution in [3.05, 3.63) is 64.1 Å². The zero-order valence-electron chi connectivity index (χ0n) is 14.0. The van der Waals surface area contributed by atoms with Crippen molar-refractivity contribution in [2.75, 3.05) is 18.0 Å². The van der Waals surface area contributed by atoms with Crippen LogP contribution >= 0.6 is 23.2 Å². The number of halogens is 2. The lowest BCUT2D eigenvalue weighted by atomic mass is 10.1. The topological polar surface area (TPSA) is 49.4 Å². The molecule has 1 N–H and O–H groups in total. The molecule has 2 rings (SSSR count). The van der Waals surface area contributed by atoms with Crippen LogP contribution in [0.25, 0.3) is 0 Å². The number of nitrogens with one attached hydrogen (secondary N) is 1. The first-order valence-electron chi connectivity index (χ1n) is 8.01. The van der Waals surface area contributed by atoms with Gasteiger partial charge in [0.15, 0.2) is 0 Å². The second-order valence-corrected chi connectivity index (χ2v) is 6.46. The number of carbonyl (C=O) groups excluding carboxylic acids is 2. The Balaban J connectivity index is 1.85. The van der Waals surface area contributed by atoms with Crippen LogP contribution in [0.1, 0.15) is 18.9 Å². The zero-order chi connectivity index (χ0) is 18.2. The Morgan fingerprint density at radius 1 is 1.04 bits per heavy atom. The fourth-order valence-electron chi connectivity index (χ4n) is 2.40. The molecule has 0 radical (unpaired) electrons. The SMILES string of the molecule is CC(=O)N(CC(=O)NCCCc1ccccc1)c1ccc(Cl)c(Cl)c1. The van der Waals surface area contributed by atoms with Gasteiger partial charge in [-0.25, -0.2) is 0 Å². The molecule has 0 aliphatic heterocycles. The molecule has 0 spiro atoms. The van der Waals surface area contributed by atoms with Gasteiger partial charge in [0.1, 0.15) is 6.54 Å². The van der Waals surface area contributed by atoms with Gasteiger partial charge in [0.05, 0.1) is 10.0 Å². The first kappa shape index (κ1) is 19.3. The normalized spacial score (nSPS) is 10.4. The van der Waals surface area contributed by atoms with Gasteiger partial charge in [0.25, 0.3) is 0 Å². The third kappa shape index (κ3) is 6.07. The van der Waals surface area contributed by atoms with E-state index in [0.717, 1.165) is 12.8 Å². The largest absolute Gasteiger partial charge is 0.355 e. The van der Waals surface area contributed by atoms with E-state index in [2.05, 4.69) is 17.4 Å². The molecule has 0 aliphatic rings. The number of benzene rings is 2. The second-order valence-electron chi connectivity index (χ2n) is 5.64. The molecule has 0 aliphatic carbocycles. The Morgan fingerprint density at radius 3 is 2.40 bits per heavy atom. The summed E-state index contributed by atoms with van der Waals surface area (Å²) in [6, 6.07) is 14.9. The van der Waals surface area contributed by atoms with Crippen LogP contribution in [0.5, 0.6) is 0 Å². The molecule has 2 aromatic rings. The van der Waals surface area contributed by atoms with Crippen LogP contribution in [0.2, 0.25) is 10.0 Å². The fraction of sp³-hybridized carbons (Fsp3) is 0.263. The molecule has 0 bridgehead atoms. The van der Waals surface area contributed by atoms with Crippen molar-refractivity contribution in [2.45, 2.75) is 19.8 Å². The van der Waals surface area contributed by atoms with E-state index in [1.165, 1.54) is 17.4 Å². The average Bonchev–Trinajstić information content (AvgIpc) is 2.60. The Labute approximate surface area is 157 Å². The predicted octanol–water partition coefficient (Wildman–Crippen LogP) is 4.10. The third-order valence-electron chi connectivity index (χ3n) is 3.70. The Morgan fingerprint density at radius 2 is 1.76 bits per heavy atom. The lowest BCUT2D eigenvalue weighted by molar-refractivity contribution is -0.123. The van der Waals surface area contributed by atoms with E-state index in [0.29, 0.717) is 22.3 Å². The summed E-state index contributed by atoms with van der Waals surface area (Å²) >= 11 is 11.9. The molecular formula is C19H20Cl2N2O2. The molecule has 0 saturated heterocycles. The monoisotopic (exact) mass is 378 g/mol. The highest BCUT2D eigenvalue weighted by Gasteiger charge is 2.16. The Hall–Kier alpha value is -2.04. The molecule has 0 saturated carbocycles. The molecule has 2 aromatic carbocycles. The number of aryl methyl sites for hydroxylation is 1. The van der Waals surface area contributed by atoms with Crippen LogP contribution < -0.4 is 10.2 Å². The molecule has 0 atom stereocenters. The summed E-state index contributed by atoms with van der Waals surface area (Å²) in [5.41, 5.74) is 1.78. The number of hydrogen-bond acceptors (Lipinski definition) is 2. The lowest BCUT2D eigenvalue weighted by Gasteiger charge is -2.21. The number of amides is 2. The van der Waals surface area contributed by atoms with Crippen molar-refractivity contribution in [1.29, 1.82) is 0 Å². The van der Waals surface area contributed by atoms with Crippen molar-refractivity contribution in [3.63, 3.8) is 0 Å². The van der Waals surface area contributed by atoms with E-state index in [-0.39, 0.29) is 18.4 Å². The Bertz CT molecular complexity index is 735. The first-order chi connectivity index (χ1) is 12.0. The van der Waals surface area contributed by atoms with Gasteiger partial charge in [-0.1, -0.05) is 53.5 Å². The van der Waals surface area contributed by atoms with Gasteiger partial charge in [0, 0.05) is 19.2 Å². The van der Waals surface area contributed by atoms with Crippen molar-refractivity contribution < 1.29 is 9.59 Å². The summed E-state index contributed by atoms with van der Waals surface area (Å²) in [5.74, 6) is -0.452. The third-order valence-corrected chi connectivity index (χ3v) is 4.44. The summed E-state index contributed by atoms with van der Waals surface area (Å²) in [4.78, 5) is 25.4. The van der Waals surface area contributed by atoms with Crippen molar-refractivity contribution >= 4 is 40.7 Å². The van der Waals surface area contributed by atoms with Crippen LogP contribution in [-0.4, -0.2) is 24.9 Å². The molecule has 25 heavy (non-hydrogen) atoms. The molecule has 0 unspecified atom stereocenters. The van der Waals surface area contributed by atoms with E-state index in [4.69, 9.17) is 23.2 Å². The molecular weight excluding hydrogens is 359 g/mol. The van der Waals surface area contributed by atoms with Crippen LogP contribution in [0.3, 0.4) is 0 Å². The molecule has 4 nitrogen and oxygen atoms in total. The molecule has 2 amide bonds. The van der Waals surface area contributed by atoms with Gasteiger partial charge in [-0.15, -0.1) is 0 Å². The summed E-state index contributed by atoms with van der Waals surface area (Å²) in [5, 5.41) is 3.59. The van der Waals surface area contributed by atoms with Crippen LogP contribution in [0.4, 0.5) is 5.69 Å². The van der Waals surface area contributed by atoms with Gasteiger partial charge < -0.3 is 10.2 Å². The smallest absolute Gasteiger partial charge is 0.240 e. The Kier molecular flexibility index (Phi) is 7.29. The number of anilines is 1. The maximum absolute atomic E-state index is 12.1. The number of rotatable bonds is 7. The lowest BCUT2D eigenvalue weighted by Crippen LogP contribution is -2.40. The summed E-state index contributed by atoms with van der Waals surface area (Å²) < 4.78 is 0. The maximum Gasteiger partial charge on any atom is 0.240 e. The maximum atomic E-state index is 12.1. The van der Waals surface area contributed by atoms with E-state index in [1.807, 2.05) is 18.2 Å². The van der Waals surface area contributed by atoms with Gasteiger partial charge >= 0.3 is 0 Å². The fourth-order valence-corrected chi connectivity index (χ4v) is 2.69. The van der Waals surface area contributed by atoms with Crippen molar-refractivity contribution in [3.8, 4) is 0 Å². The zero-order valence-corrected chi connectivity index (χ0v) is 15.5. The average molecular weight is 379 g/mol. The van der Waals surface area contributed by atoms with E-state index >= 15 is 0 Å². The quantitative estimate of drug-likeness (QED) is 0.737. The summed E-state index contributed by atoms with van der Waals surface area (Å²) in [6.45, 7) is 1.91. The van der Waals surface area contributed by atoms with E-state index in [1.54, 1.807) is 18.2 Å². The molecule has 0 fully saturated rings. The highest BCUT2D eigenvalue weighted by Crippen LogP contribution is 2.27. The summed E-state index contributed by atoms with van der Waals surface area (Å²) in [6.07, 6.45) is 1.73. The standard InChI is InChI=1S/C19H20Cl2N2O2/c1-14(24)23(16-9-10-17(20)18(21)12-16)13-19(25)22-11-5-8-15-6-3-2-4-7-15/h2-4,6-7,9-10,12H,5,8,11,13H2,1H3,(H,22,25). The molecule has 0 aromatic heterocycles. The minimum Gasteiger partial charge on any atom is -0.355 e. The van der Waals surface area contributed by atoms with Crippen LogP contribution in [0, 0.1) is 0 Å². The minimum atomic E-state index is -0.238. The van der Waals surface area contributed by atoms with Crippen molar-refractivity contribution in [2.24, 2.45) is 0 Å². The minimum absolute atomic E-state index is 0.0569. The van der Waals surface area contributed by atoms with Gasteiger partial charge in [0.2, 0.25) is 11.8 Å². The molecule has 6 heteroatoms. The van der Waals surface area contributed by atoms with Crippen LogP contribution in [-0.2, 0) is 16.0 Å². The van der Waals surface area contributed by atoms with Crippen LogP contribution in [0.15, 0.2) is 48.5 Å². The highest BCUT2D eigenvalue weighted by molar-refractivity contribution is 6.42. The van der Waals surface area contributed by atoms with E-state index in [9.17, 15) is 9.59 Å². The van der Waals surface area contributed by atoms with E-state index < -0.39 is 0 Å². The highest BCUT2D eigenvalue weighted by atomic mass is 35.5. The first-order valence-corrected chi connectivity index (χ1v) is 8.76. The molecule has 0 heterocycles. The van der Waals surface area contributed by atoms with Gasteiger partial charge in [-0.2, -0.15) is 0 Å².